The van der Waals surface area contributed by atoms with Gasteiger partial charge in [0.25, 0.3) is 11.8 Å². The van der Waals surface area contributed by atoms with Gasteiger partial charge >= 0.3 is 12.1 Å². The van der Waals surface area contributed by atoms with Gasteiger partial charge in [0.2, 0.25) is 0 Å². The molecule has 2 amide bonds. The topological polar surface area (TPSA) is 143 Å². The maximum Gasteiger partial charge on any atom is 0.459 e. The van der Waals surface area contributed by atoms with Crippen LogP contribution in [0.2, 0.25) is 5.02 Å². The van der Waals surface area contributed by atoms with Crippen LogP contribution in [0.25, 0.3) is 5.82 Å². The van der Waals surface area contributed by atoms with Crippen LogP contribution < -0.4 is 10.6 Å². The number of carbonyl (C=O) groups is 2. The first kappa shape index (κ1) is 29.6. The van der Waals surface area contributed by atoms with Crippen LogP contribution in [-0.2, 0) is 12.5 Å². The Morgan fingerprint density at radius 3 is 2.53 bits per heavy atom. The minimum Gasteiger partial charge on any atom is -0.349 e. The fourth-order valence-corrected chi connectivity index (χ4v) is 4.24. The number of rotatable bonds is 8. The molecular formula is C26H19ClF5N9O2. The molecule has 3 aromatic heterocycles. The van der Waals surface area contributed by atoms with Gasteiger partial charge in [-0.3, -0.25) is 9.59 Å². The molecule has 11 nitrogen and oxygen atoms in total. The highest BCUT2D eigenvalue weighted by Gasteiger charge is 2.60. The van der Waals surface area contributed by atoms with Gasteiger partial charge < -0.3 is 10.6 Å². The molecule has 0 aliphatic heterocycles. The third-order valence-electron chi connectivity index (χ3n) is 6.31. The molecule has 1 fully saturated rings. The first-order chi connectivity index (χ1) is 20.3. The summed E-state index contributed by atoms with van der Waals surface area (Å²) in [5.74, 6) is -6.52. The smallest absolute Gasteiger partial charge is 0.349 e. The molecule has 5 rings (SSSR count). The van der Waals surface area contributed by atoms with Crippen molar-refractivity contribution in [3.63, 3.8) is 0 Å². The van der Waals surface area contributed by atoms with E-state index >= 15 is 0 Å². The van der Waals surface area contributed by atoms with Crippen LogP contribution >= 0.6 is 11.6 Å². The van der Waals surface area contributed by atoms with E-state index in [1.165, 1.54) is 36.5 Å². The molecule has 0 unspecified atom stereocenters. The van der Waals surface area contributed by atoms with Crippen molar-refractivity contribution in [1.29, 1.82) is 5.26 Å². The predicted octanol–water partition coefficient (Wildman–Crippen LogP) is 4.54. The zero-order valence-corrected chi connectivity index (χ0v) is 22.7. The van der Waals surface area contributed by atoms with Gasteiger partial charge in [-0.15, -0.1) is 0 Å². The highest BCUT2D eigenvalue weighted by atomic mass is 35.5. The van der Waals surface area contributed by atoms with E-state index in [0.29, 0.717) is 10.4 Å². The van der Waals surface area contributed by atoms with Crippen molar-refractivity contribution < 1.29 is 31.5 Å². The number of carbonyl (C=O) groups excluding carboxylic acids is 2. The fraction of sp³-hybridized carbons (Fsp3) is 0.269. The molecule has 0 saturated heterocycles. The van der Waals surface area contributed by atoms with Crippen molar-refractivity contribution in [2.45, 2.75) is 44.5 Å². The van der Waals surface area contributed by atoms with E-state index in [0.717, 1.165) is 17.5 Å². The van der Waals surface area contributed by atoms with E-state index in [4.69, 9.17) is 11.6 Å². The molecule has 3 heterocycles. The molecule has 17 heteroatoms. The summed E-state index contributed by atoms with van der Waals surface area (Å²) in [6.45, 7) is 1.09. The number of pyridine rings is 1. The summed E-state index contributed by atoms with van der Waals surface area (Å²) < 4.78 is 66.8. The molecule has 0 radical (unpaired) electrons. The maximum atomic E-state index is 13.7. The molecule has 4 aromatic rings. The number of benzene rings is 1. The Morgan fingerprint density at radius 2 is 1.88 bits per heavy atom. The van der Waals surface area contributed by atoms with Gasteiger partial charge in [0.1, 0.15) is 12.2 Å². The Hall–Kier alpha value is -4.91. The average molecular weight is 620 g/mol. The normalized spacial score (nSPS) is 13.4. The van der Waals surface area contributed by atoms with E-state index < -0.39 is 36.2 Å². The maximum absolute atomic E-state index is 13.7. The van der Waals surface area contributed by atoms with Crippen molar-refractivity contribution in [3.8, 4) is 11.9 Å². The quantitative estimate of drug-likeness (QED) is 0.276. The second-order valence-electron chi connectivity index (χ2n) is 9.60. The number of hydrogen-bond acceptors (Lipinski definition) is 7. The molecule has 1 aliphatic rings. The van der Waals surface area contributed by atoms with Crippen LogP contribution in [0.1, 0.15) is 56.2 Å². The second kappa shape index (κ2) is 11.1. The fourth-order valence-electron chi connectivity index (χ4n) is 4.04. The summed E-state index contributed by atoms with van der Waals surface area (Å²) in [5.41, 5.74) is -1.03. The summed E-state index contributed by atoms with van der Waals surface area (Å²) in [5, 5.41) is 25.9. The highest BCUT2D eigenvalue weighted by molar-refractivity contribution is 6.32. The lowest BCUT2D eigenvalue weighted by Gasteiger charge is -2.16. The Kier molecular flexibility index (Phi) is 7.61. The van der Waals surface area contributed by atoms with Crippen LogP contribution in [-0.4, -0.2) is 53.8 Å². The lowest BCUT2D eigenvalue weighted by molar-refractivity contribution is -0.291. The molecular weight excluding hydrogens is 601 g/mol. The molecule has 2 N–H and O–H groups in total. The molecule has 43 heavy (non-hydrogen) atoms. The van der Waals surface area contributed by atoms with Crippen LogP contribution in [0, 0.1) is 18.3 Å². The third-order valence-corrected chi connectivity index (χ3v) is 6.61. The summed E-state index contributed by atoms with van der Waals surface area (Å²) in [6.07, 6.45) is -2.62. The molecule has 0 bridgehead atoms. The molecule has 0 atom stereocenters. The number of aryl methyl sites for hydroxylation is 1. The Bertz CT molecular complexity index is 1770. The summed E-state index contributed by atoms with van der Waals surface area (Å²) in [4.78, 5) is 31.3. The van der Waals surface area contributed by atoms with Gasteiger partial charge in [0.15, 0.2) is 11.5 Å². The van der Waals surface area contributed by atoms with Crippen LogP contribution in [0.4, 0.5) is 27.6 Å². The monoisotopic (exact) mass is 619 g/mol. The number of anilines is 1. The lowest BCUT2D eigenvalue weighted by atomic mass is 10.0. The van der Waals surface area contributed by atoms with Crippen molar-refractivity contribution in [2.24, 2.45) is 0 Å². The van der Waals surface area contributed by atoms with Crippen molar-refractivity contribution in [1.82, 2.24) is 35.1 Å². The average Bonchev–Trinajstić information content (AvgIpc) is 3.46. The second-order valence-corrected chi connectivity index (χ2v) is 10.0. The Labute approximate surface area is 244 Å². The first-order valence-electron chi connectivity index (χ1n) is 12.5. The van der Waals surface area contributed by atoms with Gasteiger partial charge in [-0.2, -0.15) is 47.3 Å². The number of alkyl halides is 5. The zero-order chi connectivity index (χ0) is 31.1. The summed E-state index contributed by atoms with van der Waals surface area (Å²) in [7, 11) is 0. The standard InChI is InChI=1S/C26H19ClF5N9O2/c1-13-7-14(10-33)8-17(23(42)36-15-4-5-15)21(13)37-24(43)19-9-16(38-41(19)22-18(27)3-2-6-34-22)12-40-35-11-20(39-40)25(28,29)26(30,31)32/h2-3,6-9,11,15H,4-5,12H2,1H3,(H,36,42)(H,37,43). The zero-order valence-electron chi connectivity index (χ0n) is 22.0. The van der Waals surface area contributed by atoms with Gasteiger partial charge in [0, 0.05) is 12.2 Å². The lowest BCUT2D eigenvalue weighted by Crippen LogP contribution is -2.34. The Morgan fingerprint density at radius 1 is 1.14 bits per heavy atom. The van der Waals surface area contributed by atoms with E-state index in [-0.39, 0.29) is 51.3 Å². The van der Waals surface area contributed by atoms with Crippen molar-refractivity contribution in [3.05, 3.63) is 81.5 Å². The molecule has 1 aliphatic carbocycles. The van der Waals surface area contributed by atoms with Gasteiger partial charge in [0.05, 0.1) is 39.8 Å². The minimum atomic E-state index is -5.88. The van der Waals surface area contributed by atoms with E-state index in [1.54, 1.807) is 6.92 Å². The van der Waals surface area contributed by atoms with Crippen LogP contribution in [0.5, 0.6) is 0 Å². The number of aromatic nitrogens is 6. The summed E-state index contributed by atoms with van der Waals surface area (Å²) >= 11 is 6.28. The predicted molar refractivity (Wildman–Crippen MR) is 140 cm³/mol. The van der Waals surface area contributed by atoms with E-state index in [1.807, 2.05) is 6.07 Å². The first-order valence-corrected chi connectivity index (χ1v) is 12.9. The summed E-state index contributed by atoms with van der Waals surface area (Å²) in [6, 6.07) is 9.01. The minimum absolute atomic E-state index is 0.00142. The van der Waals surface area contributed by atoms with Gasteiger partial charge in [-0.25, -0.2) is 9.67 Å². The van der Waals surface area contributed by atoms with Crippen LogP contribution in [0.15, 0.2) is 42.7 Å². The van der Waals surface area contributed by atoms with Crippen molar-refractivity contribution >= 4 is 29.1 Å². The molecule has 222 valence electrons. The van der Waals surface area contributed by atoms with Crippen LogP contribution in [0.3, 0.4) is 0 Å². The van der Waals surface area contributed by atoms with E-state index in [2.05, 4.69) is 30.9 Å². The third kappa shape index (κ3) is 6.02. The van der Waals surface area contributed by atoms with Gasteiger partial charge in [-0.05, 0) is 55.7 Å². The van der Waals surface area contributed by atoms with Crippen molar-refractivity contribution in [2.75, 3.05) is 5.32 Å². The Balaban J connectivity index is 1.51. The number of nitrogens with one attached hydrogen (secondary N) is 2. The SMILES string of the molecule is Cc1cc(C#N)cc(C(=O)NC2CC2)c1NC(=O)c1cc(Cn2ncc(C(F)(F)C(F)(F)F)n2)nn1-c1ncccc1Cl. The number of nitriles is 1. The number of amides is 2. The highest BCUT2D eigenvalue weighted by Crippen LogP contribution is 2.42. The molecule has 0 spiro atoms. The number of nitrogens with zero attached hydrogens (tertiary/aromatic N) is 7. The van der Waals surface area contributed by atoms with Gasteiger partial charge in [-0.1, -0.05) is 11.6 Å². The number of hydrogen-bond donors (Lipinski definition) is 2. The van der Waals surface area contributed by atoms with E-state index in [9.17, 15) is 36.8 Å². The largest absolute Gasteiger partial charge is 0.459 e. The molecule has 1 saturated carbocycles. The number of halogens is 6. The molecule has 1 aromatic carbocycles.